The van der Waals surface area contributed by atoms with Crippen molar-refractivity contribution < 1.29 is 14.6 Å². The van der Waals surface area contributed by atoms with Crippen LogP contribution in [0, 0.1) is 5.92 Å². The molecular formula is C18H28N4O3. The maximum atomic E-state index is 12.3. The Morgan fingerprint density at radius 2 is 2.28 bits per heavy atom. The van der Waals surface area contributed by atoms with E-state index in [1.165, 1.54) is 0 Å². The first-order chi connectivity index (χ1) is 12.1. The molecule has 2 aliphatic rings. The second kappa shape index (κ2) is 8.71. The van der Waals surface area contributed by atoms with Crippen LogP contribution in [0.25, 0.3) is 0 Å². The van der Waals surface area contributed by atoms with E-state index < -0.39 is 5.60 Å². The number of carbonyl (C=O) groups is 1. The Balaban J connectivity index is 1.41. The van der Waals surface area contributed by atoms with Gasteiger partial charge >= 0.3 is 0 Å². The van der Waals surface area contributed by atoms with Gasteiger partial charge in [0.1, 0.15) is 5.60 Å². The van der Waals surface area contributed by atoms with Crippen LogP contribution in [0.5, 0.6) is 0 Å². The van der Waals surface area contributed by atoms with Crippen LogP contribution >= 0.6 is 0 Å². The number of carbonyl (C=O) groups excluding carboxylic acids is 1. The van der Waals surface area contributed by atoms with E-state index in [0.29, 0.717) is 32.8 Å². The summed E-state index contributed by atoms with van der Waals surface area (Å²) in [5.41, 5.74) is 0.0290. The number of nitrogens with one attached hydrogen (secondary N) is 2. The molecule has 3 rings (SSSR count). The van der Waals surface area contributed by atoms with E-state index in [4.69, 9.17) is 4.74 Å². The lowest BCUT2D eigenvalue weighted by molar-refractivity contribution is -0.127. The van der Waals surface area contributed by atoms with Crippen LogP contribution in [0.3, 0.4) is 0 Å². The van der Waals surface area contributed by atoms with Crippen LogP contribution in [0.1, 0.15) is 18.5 Å². The molecule has 0 aromatic carbocycles. The molecule has 7 heteroatoms. The lowest BCUT2D eigenvalue weighted by Crippen LogP contribution is -2.53. The zero-order valence-corrected chi connectivity index (χ0v) is 14.6. The summed E-state index contributed by atoms with van der Waals surface area (Å²) in [6, 6.07) is 5.69. The SMILES string of the molecule is O=C(NCc1ccccn1)C1CCN(CC2(O)CNCCOC2)CC1. The second-order valence-corrected chi connectivity index (χ2v) is 7.04. The first kappa shape index (κ1) is 18.3. The topological polar surface area (TPSA) is 86.7 Å². The van der Waals surface area contributed by atoms with Crippen molar-refractivity contribution in [2.24, 2.45) is 5.92 Å². The zero-order chi connectivity index (χ0) is 17.5. The van der Waals surface area contributed by atoms with Crippen LogP contribution in [-0.4, -0.2) is 72.4 Å². The highest BCUT2D eigenvalue weighted by Gasteiger charge is 2.33. The number of pyridine rings is 1. The van der Waals surface area contributed by atoms with Crippen LogP contribution in [0.15, 0.2) is 24.4 Å². The molecule has 138 valence electrons. The van der Waals surface area contributed by atoms with Crippen LogP contribution in [0.2, 0.25) is 0 Å². The molecule has 0 radical (unpaired) electrons. The van der Waals surface area contributed by atoms with Crippen molar-refractivity contribution in [3.05, 3.63) is 30.1 Å². The lowest BCUT2D eigenvalue weighted by atomic mass is 9.94. The summed E-state index contributed by atoms with van der Waals surface area (Å²) in [4.78, 5) is 18.8. The van der Waals surface area contributed by atoms with Crippen molar-refractivity contribution in [1.82, 2.24) is 20.5 Å². The normalized spacial score (nSPS) is 26.1. The predicted molar refractivity (Wildman–Crippen MR) is 93.9 cm³/mol. The van der Waals surface area contributed by atoms with E-state index in [2.05, 4.69) is 20.5 Å². The monoisotopic (exact) mass is 348 g/mol. The molecule has 2 saturated heterocycles. The van der Waals surface area contributed by atoms with Gasteiger partial charge in [0.25, 0.3) is 0 Å². The average Bonchev–Trinajstić information content (AvgIpc) is 2.85. The molecule has 1 atom stereocenters. The van der Waals surface area contributed by atoms with Gasteiger partial charge in [-0.1, -0.05) is 6.07 Å². The molecule has 3 heterocycles. The number of amides is 1. The molecule has 0 spiro atoms. The second-order valence-electron chi connectivity index (χ2n) is 7.04. The highest BCUT2D eigenvalue weighted by molar-refractivity contribution is 5.78. The van der Waals surface area contributed by atoms with E-state index in [1.54, 1.807) is 6.20 Å². The maximum absolute atomic E-state index is 12.3. The smallest absolute Gasteiger partial charge is 0.223 e. The number of likely N-dealkylation sites (tertiary alicyclic amines) is 1. The lowest BCUT2D eigenvalue weighted by Gasteiger charge is -2.37. The number of aliphatic hydroxyl groups is 1. The predicted octanol–water partition coefficient (Wildman–Crippen LogP) is -0.239. The number of hydrogen-bond donors (Lipinski definition) is 3. The van der Waals surface area contributed by atoms with E-state index in [1.807, 2.05) is 18.2 Å². The molecule has 0 aliphatic carbocycles. The van der Waals surface area contributed by atoms with Gasteiger partial charge in [-0.15, -0.1) is 0 Å². The van der Waals surface area contributed by atoms with Gasteiger partial charge in [-0.25, -0.2) is 0 Å². The molecule has 3 N–H and O–H groups in total. The number of piperidine rings is 1. The molecule has 0 bridgehead atoms. The number of aromatic nitrogens is 1. The van der Waals surface area contributed by atoms with Crippen molar-refractivity contribution in [2.75, 3.05) is 45.9 Å². The van der Waals surface area contributed by atoms with Gasteiger partial charge in [-0.2, -0.15) is 0 Å². The minimum absolute atomic E-state index is 0.0399. The Bertz CT molecular complexity index is 539. The molecular weight excluding hydrogens is 320 g/mol. The highest BCUT2D eigenvalue weighted by atomic mass is 16.5. The fourth-order valence-corrected chi connectivity index (χ4v) is 3.47. The third-order valence-corrected chi connectivity index (χ3v) is 4.89. The van der Waals surface area contributed by atoms with Gasteiger partial charge in [0, 0.05) is 31.7 Å². The number of ether oxygens (including phenoxy) is 1. The van der Waals surface area contributed by atoms with Gasteiger partial charge in [-0.3, -0.25) is 9.78 Å². The third kappa shape index (κ3) is 5.47. The molecule has 1 aromatic heterocycles. The van der Waals surface area contributed by atoms with Gasteiger partial charge in [-0.05, 0) is 38.1 Å². The zero-order valence-electron chi connectivity index (χ0n) is 14.6. The van der Waals surface area contributed by atoms with Crippen LogP contribution in [0.4, 0.5) is 0 Å². The number of β-amino-alcohol motifs (C(OH)–C–C–N with tert-alkyl or cyclic N) is 1. The number of hydrogen-bond acceptors (Lipinski definition) is 6. The van der Waals surface area contributed by atoms with Gasteiger partial charge < -0.3 is 25.4 Å². The molecule has 0 saturated carbocycles. The van der Waals surface area contributed by atoms with E-state index in [0.717, 1.165) is 38.2 Å². The van der Waals surface area contributed by atoms with E-state index in [-0.39, 0.29) is 11.8 Å². The molecule has 2 fully saturated rings. The molecule has 2 aliphatic heterocycles. The van der Waals surface area contributed by atoms with Gasteiger partial charge in [0.05, 0.1) is 25.5 Å². The average molecular weight is 348 g/mol. The summed E-state index contributed by atoms with van der Waals surface area (Å²) >= 11 is 0. The third-order valence-electron chi connectivity index (χ3n) is 4.89. The first-order valence-electron chi connectivity index (χ1n) is 9.05. The van der Waals surface area contributed by atoms with Crippen molar-refractivity contribution in [3.8, 4) is 0 Å². The van der Waals surface area contributed by atoms with Crippen molar-refractivity contribution >= 4 is 5.91 Å². The Kier molecular flexibility index (Phi) is 6.36. The van der Waals surface area contributed by atoms with Crippen LogP contribution in [-0.2, 0) is 16.1 Å². The fourth-order valence-electron chi connectivity index (χ4n) is 3.47. The fraction of sp³-hybridized carbons (Fsp3) is 0.667. The summed E-state index contributed by atoms with van der Waals surface area (Å²) in [6.45, 7) is 5.04. The van der Waals surface area contributed by atoms with Crippen LogP contribution < -0.4 is 10.6 Å². The van der Waals surface area contributed by atoms with Crippen molar-refractivity contribution in [2.45, 2.75) is 25.0 Å². The minimum atomic E-state index is -0.843. The quantitative estimate of drug-likeness (QED) is 0.681. The molecule has 1 amide bonds. The molecule has 1 unspecified atom stereocenters. The Hall–Kier alpha value is -1.54. The minimum Gasteiger partial charge on any atom is -0.385 e. The van der Waals surface area contributed by atoms with E-state index >= 15 is 0 Å². The Labute approximate surface area is 148 Å². The molecule has 1 aromatic rings. The van der Waals surface area contributed by atoms with Crippen molar-refractivity contribution in [1.29, 1.82) is 0 Å². The summed E-state index contributed by atoms with van der Waals surface area (Å²) in [7, 11) is 0. The van der Waals surface area contributed by atoms with Gasteiger partial charge in [0.15, 0.2) is 0 Å². The number of nitrogens with zero attached hydrogens (tertiary/aromatic N) is 2. The summed E-state index contributed by atoms with van der Waals surface area (Å²) in [5, 5.41) is 16.9. The summed E-state index contributed by atoms with van der Waals surface area (Å²) in [5.74, 6) is 0.140. The summed E-state index contributed by atoms with van der Waals surface area (Å²) in [6.07, 6.45) is 3.37. The standard InChI is InChI=1S/C18H28N4O3/c23-17(21-11-16-3-1-2-6-20-16)15-4-8-22(9-5-15)13-18(24)12-19-7-10-25-14-18/h1-3,6,15,19,24H,4-5,7-14H2,(H,21,23). The largest absolute Gasteiger partial charge is 0.385 e. The number of rotatable bonds is 5. The molecule has 7 nitrogen and oxygen atoms in total. The summed E-state index contributed by atoms with van der Waals surface area (Å²) < 4.78 is 5.48. The Morgan fingerprint density at radius 1 is 1.44 bits per heavy atom. The first-order valence-corrected chi connectivity index (χ1v) is 9.05. The van der Waals surface area contributed by atoms with E-state index in [9.17, 15) is 9.90 Å². The highest BCUT2D eigenvalue weighted by Crippen LogP contribution is 2.20. The maximum Gasteiger partial charge on any atom is 0.223 e. The van der Waals surface area contributed by atoms with Gasteiger partial charge in [0.2, 0.25) is 5.91 Å². The Morgan fingerprint density at radius 3 is 3.04 bits per heavy atom. The molecule has 25 heavy (non-hydrogen) atoms. The van der Waals surface area contributed by atoms with Crippen molar-refractivity contribution in [3.63, 3.8) is 0 Å².